The van der Waals surface area contributed by atoms with Gasteiger partial charge in [0, 0.05) is 0 Å². The van der Waals surface area contributed by atoms with Crippen molar-refractivity contribution in [1.29, 1.82) is 0 Å². The van der Waals surface area contributed by atoms with Crippen molar-refractivity contribution in [2.45, 2.75) is 0 Å². The molecule has 0 N–H and O–H groups in total. The molecule has 4 heteroatoms. The molecule has 4 heavy (non-hydrogen) atoms. The quantitative estimate of drug-likeness (QED) is 0.514. The van der Waals surface area contributed by atoms with Crippen LogP contribution in [0.15, 0.2) is 0 Å². The molecule has 0 heterocycles. The van der Waals surface area contributed by atoms with Crippen molar-refractivity contribution in [2.75, 3.05) is 0 Å². The topological polar surface area (TPSA) is 0 Å². The summed E-state index contributed by atoms with van der Waals surface area (Å²) >= 11 is 0. The van der Waals surface area contributed by atoms with Gasteiger partial charge in [-0.15, -0.1) is 0 Å². The molecule has 0 saturated heterocycles. The summed E-state index contributed by atoms with van der Waals surface area (Å²) < 4.78 is 0. The molecule has 0 spiro atoms. The average Bonchev–Trinajstić information content (AvgIpc) is 0. The third-order valence-electron chi connectivity index (χ3n) is 0. The first kappa shape index (κ1) is 36.8. The minimum absolute atomic E-state index is 0. The van der Waals surface area contributed by atoms with Gasteiger partial charge in [-0.25, -0.2) is 0 Å². The van der Waals surface area contributed by atoms with Gasteiger partial charge in [-0.05, 0) is 0 Å². The fourth-order valence-corrected chi connectivity index (χ4v) is 0. The van der Waals surface area contributed by atoms with E-state index in [4.69, 9.17) is 0 Å². The first-order valence-electron chi connectivity index (χ1n) is 0. The van der Waals surface area contributed by atoms with Gasteiger partial charge in [0.2, 0.25) is 0 Å². The molecular weight excluding hydrogens is 285 g/mol. The van der Waals surface area contributed by atoms with Gasteiger partial charge >= 0.3 is 65.0 Å². The molecule has 0 aliphatic carbocycles. The molecule has 0 aliphatic heterocycles. The fourth-order valence-electron chi connectivity index (χ4n) is 0. The van der Waals surface area contributed by atoms with E-state index in [1.807, 2.05) is 0 Å². The number of rotatable bonds is 0. The summed E-state index contributed by atoms with van der Waals surface area (Å²) in [6.45, 7) is 0. The monoisotopic (exact) mass is 292 g/mol. The Morgan fingerprint density at radius 1 is 1.00 bits per heavy atom. The molecule has 0 amide bonds. The third-order valence-corrected chi connectivity index (χ3v) is 0. The van der Waals surface area contributed by atoms with Crippen LogP contribution in [0, 0.1) is 0 Å². The van der Waals surface area contributed by atoms with Gasteiger partial charge in [-0.3, -0.25) is 9.41 Å². The maximum atomic E-state index is 0. The summed E-state index contributed by atoms with van der Waals surface area (Å²) in [5.41, 5.74) is 0. The molecule has 0 atom stereocenters. The molecular formula is H6CaF2Pb. The summed E-state index contributed by atoms with van der Waals surface area (Å²) in [5, 5.41) is 0. The predicted molar refractivity (Wildman–Crippen MR) is 21.5 cm³/mol. The molecule has 2 radical (unpaired) electrons. The second-order valence-electron chi connectivity index (χ2n) is 0. The van der Waals surface area contributed by atoms with E-state index in [-0.39, 0.29) is 77.3 Å². The fraction of sp³-hybridized carbons (Fsp3) is 0. The summed E-state index contributed by atoms with van der Waals surface area (Å²) in [5.74, 6) is 0. The first-order chi connectivity index (χ1) is 0. The van der Waals surface area contributed by atoms with E-state index >= 15 is 0 Å². The van der Waals surface area contributed by atoms with E-state index in [0.29, 0.717) is 0 Å². The van der Waals surface area contributed by atoms with E-state index in [9.17, 15) is 0 Å². The first-order valence-corrected chi connectivity index (χ1v) is 0. The Balaban J connectivity index is 0. The second-order valence-corrected chi connectivity index (χ2v) is 0. The Morgan fingerprint density at radius 3 is 1.00 bits per heavy atom. The van der Waals surface area contributed by atoms with Gasteiger partial charge in [0.15, 0.2) is 0 Å². The van der Waals surface area contributed by atoms with Crippen molar-refractivity contribution >= 4 is 65.0 Å². The SMILES string of the molecule is F.F.[Ca+2].[H-].[H-].[PbH2]. The maximum absolute atomic E-state index is 0. The van der Waals surface area contributed by atoms with Crippen LogP contribution in [-0.4, -0.2) is 65.0 Å². The van der Waals surface area contributed by atoms with Crippen molar-refractivity contribution in [2.24, 2.45) is 0 Å². The summed E-state index contributed by atoms with van der Waals surface area (Å²) in [6.07, 6.45) is 0. The summed E-state index contributed by atoms with van der Waals surface area (Å²) in [4.78, 5) is 0. The molecule has 0 nitrogen and oxygen atoms in total. The Hall–Kier alpha value is 2.04. The normalized spacial score (nSPS) is 0. The third kappa shape index (κ3) is 8.97. The molecule has 0 bridgehead atoms. The molecule has 26 valence electrons. The number of hydrogen-bond acceptors (Lipinski definition) is 0. The van der Waals surface area contributed by atoms with Gasteiger partial charge in [-0.1, -0.05) is 0 Å². The second kappa shape index (κ2) is 19.8. The number of halogens is 2. The van der Waals surface area contributed by atoms with Gasteiger partial charge in [0.25, 0.3) is 0 Å². The van der Waals surface area contributed by atoms with Crippen molar-refractivity contribution in [3.05, 3.63) is 0 Å². The van der Waals surface area contributed by atoms with E-state index in [0.717, 1.165) is 0 Å². The van der Waals surface area contributed by atoms with Crippen LogP contribution in [0.4, 0.5) is 9.41 Å². The van der Waals surface area contributed by atoms with Crippen molar-refractivity contribution < 1.29 is 12.3 Å². The molecule has 0 aliphatic rings. The Labute approximate surface area is 76.2 Å². The van der Waals surface area contributed by atoms with E-state index in [1.165, 1.54) is 0 Å². The van der Waals surface area contributed by atoms with Crippen molar-refractivity contribution in [3.63, 3.8) is 0 Å². The zero-order valence-corrected chi connectivity index (χ0v) is 9.94. The molecule has 0 fully saturated rings. The van der Waals surface area contributed by atoms with E-state index in [1.54, 1.807) is 0 Å². The van der Waals surface area contributed by atoms with Crippen molar-refractivity contribution in [1.82, 2.24) is 0 Å². The van der Waals surface area contributed by atoms with Crippen LogP contribution in [0.3, 0.4) is 0 Å². The van der Waals surface area contributed by atoms with E-state index < -0.39 is 0 Å². The minimum atomic E-state index is 0. The van der Waals surface area contributed by atoms with Crippen LogP contribution in [0.5, 0.6) is 0 Å². The molecule has 0 saturated carbocycles. The zero-order valence-electron chi connectivity index (χ0n) is 4.23. The molecule has 0 aromatic carbocycles. The van der Waals surface area contributed by atoms with Crippen LogP contribution in [0.1, 0.15) is 2.85 Å². The molecule has 0 aromatic rings. The van der Waals surface area contributed by atoms with Crippen LogP contribution in [0.2, 0.25) is 0 Å². The zero-order chi connectivity index (χ0) is 0. The van der Waals surface area contributed by atoms with E-state index in [2.05, 4.69) is 0 Å². The Kier molecular flexibility index (Phi) is 182. The standard InChI is InChI=1S/Ca.2FH.Pb.4H/h;2*1H;;;;;/q+2;;;;;;2*-1. The molecule has 0 unspecified atom stereocenters. The summed E-state index contributed by atoms with van der Waals surface area (Å²) in [7, 11) is 0. The van der Waals surface area contributed by atoms with Gasteiger partial charge in [0.05, 0.1) is 0 Å². The van der Waals surface area contributed by atoms with Gasteiger partial charge in [0.1, 0.15) is 0 Å². The van der Waals surface area contributed by atoms with Gasteiger partial charge in [-0.2, -0.15) is 0 Å². The number of hydrogen-bond donors (Lipinski definition) is 0. The summed E-state index contributed by atoms with van der Waals surface area (Å²) in [6, 6.07) is 0. The van der Waals surface area contributed by atoms with Crippen LogP contribution >= 0.6 is 0 Å². The Bertz CT molecular complexity index is 11.5. The van der Waals surface area contributed by atoms with Crippen LogP contribution in [-0.2, 0) is 0 Å². The molecule has 0 aromatic heterocycles. The molecule has 0 rings (SSSR count). The average molecular weight is 291 g/mol. The van der Waals surface area contributed by atoms with Crippen LogP contribution < -0.4 is 0 Å². The van der Waals surface area contributed by atoms with Crippen LogP contribution in [0.25, 0.3) is 0 Å². The van der Waals surface area contributed by atoms with Crippen molar-refractivity contribution in [3.8, 4) is 0 Å². The predicted octanol–water partition coefficient (Wildman–Crippen LogP) is -0.767. The van der Waals surface area contributed by atoms with Gasteiger partial charge < -0.3 is 2.85 Å². The Morgan fingerprint density at radius 2 is 1.00 bits per heavy atom.